The summed E-state index contributed by atoms with van der Waals surface area (Å²) in [7, 11) is 0. The zero-order valence-corrected chi connectivity index (χ0v) is 11.9. The molecule has 1 heterocycles. The van der Waals surface area contributed by atoms with E-state index in [1.54, 1.807) is 0 Å². The fourth-order valence-corrected chi connectivity index (χ4v) is 2.93. The van der Waals surface area contributed by atoms with E-state index in [4.69, 9.17) is 0 Å². The zero-order valence-electron chi connectivity index (χ0n) is 11.9. The van der Waals surface area contributed by atoms with Crippen LogP contribution in [0.3, 0.4) is 0 Å². The van der Waals surface area contributed by atoms with Gasteiger partial charge in [0.05, 0.1) is 0 Å². The van der Waals surface area contributed by atoms with Gasteiger partial charge in [0.1, 0.15) is 0 Å². The normalized spacial score (nSPS) is 24.1. The molecule has 0 N–H and O–H groups in total. The first-order chi connectivity index (χ1) is 8.50. The molecule has 1 amide bonds. The Morgan fingerprint density at radius 1 is 1.17 bits per heavy atom. The Kier molecular flexibility index (Phi) is 3.74. The lowest BCUT2D eigenvalue weighted by Crippen LogP contribution is -2.47. The van der Waals surface area contributed by atoms with Crippen molar-refractivity contribution >= 4 is 5.91 Å². The highest BCUT2D eigenvalue weighted by molar-refractivity contribution is 5.96. The van der Waals surface area contributed by atoms with Gasteiger partial charge < -0.3 is 4.90 Å². The SMILES string of the molecule is Cc1ccc(C)c(C(=O)N2C(C)CCCC2C)c1. The second kappa shape index (κ2) is 5.13. The lowest BCUT2D eigenvalue weighted by atomic mass is 9.95. The van der Waals surface area contributed by atoms with Gasteiger partial charge in [0.25, 0.3) is 5.91 Å². The summed E-state index contributed by atoms with van der Waals surface area (Å²) in [6.07, 6.45) is 3.49. The molecule has 0 saturated carbocycles. The quantitative estimate of drug-likeness (QED) is 0.738. The molecular weight excluding hydrogens is 222 g/mol. The topological polar surface area (TPSA) is 20.3 Å². The number of carbonyl (C=O) groups is 1. The maximum Gasteiger partial charge on any atom is 0.254 e. The largest absolute Gasteiger partial charge is 0.333 e. The van der Waals surface area contributed by atoms with Gasteiger partial charge in [-0.2, -0.15) is 0 Å². The zero-order chi connectivity index (χ0) is 13.3. The molecule has 2 rings (SSSR count). The number of hydrogen-bond acceptors (Lipinski definition) is 1. The molecule has 1 aliphatic rings. The molecule has 1 fully saturated rings. The van der Waals surface area contributed by atoms with Crippen LogP contribution < -0.4 is 0 Å². The smallest absolute Gasteiger partial charge is 0.254 e. The van der Waals surface area contributed by atoms with Gasteiger partial charge >= 0.3 is 0 Å². The van der Waals surface area contributed by atoms with Gasteiger partial charge in [-0.3, -0.25) is 4.79 Å². The minimum absolute atomic E-state index is 0.205. The monoisotopic (exact) mass is 245 g/mol. The average Bonchev–Trinajstić information content (AvgIpc) is 2.32. The van der Waals surface area contributed by atoms with Crippen molar-refractivity contribution in [3.63, 3.8) is 0 Å². The van der Waals surface area contributed by atoms with E-state index in [1.165, 1.54) is 6.42 Å². The van der Waals surface area contributed by atoms with Crippen molar-refractivity contribution in [3.8, 4) is 0 Å². The van der Waals surface area contributed by atoms with Crippen LogP contribution in [0.15, 0.2) is 18.2 Å². The summed E-state index contributed by atoms with van der Waals surface area (Å²) in [5, 5.41) is 0. The molecule has 0 aromatic heterocycles. The van der Waals surface area contributed by atoms with E-state index in [1.807, 2.05) is 26.0 Å². The van der Waals surface area contributed by atoms with Crippen LogP contribution in [0.1, 0.15) is 54.6 Å². The lowest BCUT2D eigenvalue weighted by Gasteiger charge is -2.39. The molecular formula is C16H23NO. The second-order valence-corrected chi connectivity index (χ2v) is 5.66. The molecule has 1 saturated heterocycles. The van der Waals surface area contributed by atoms with Gasteiger partial charge in [-0.25, -0.2) is 0 Å². The molecule has 0 bridgehead atoms. The van der Waals surface area contributed by atoms with Gasteiger partial charge in [-0.05, 0) is 58.6 Å². The molecule has 1 aromatic rings. The summed E-state index contributed by atoms with van der Waals surface area (Å²) in [6.45, 7) is 8.39. The maximum absolute atomic E-state index is 12.7. The van der Waals surface area contributed by atoms with Crippen molar-refractivity contribution in [2.75, 3.05) is 0 Å². The number of likely N-dealkylation sites (tertiary alicyclic amines) is 1. The molecule has 0 aliphatic carbocycles. The molecule has 98 valence electrons. The highest BCUT2D eigenvalue weighted by atomic mass is 16.2. The van der Waals surface area contributed by atoms with E-state index in [-0.39, 0.29) is 5.91 Å². The van der Waals surface area contributed by atoms with E-state index in [0.29, 0.717) is 12.1 Å². The predicted molar refractivity (Wildman–Crippen MR) is 74.9 cm³/mol. The predicted octanol–water partition coefficient (Wildman–Crippen LogP) is 3.71. The molecule has 1 aliphatic heterocycles. The van der Waals surface area contributed by atoms with E-state index in [9.17, 15) is 4.79 Å². The number of piperidine rings is 1. The Morgan fingerprint density at radius 3 is 2.39 bits per heavy atom. The van der Waals surface area contributed by atoms with Crippen LogP contribution in [0.5, 0.6) is 0 Å². The van der Waals surface area contributed by atoms with E-state index in [0.717, 1.165) is 29.5 Å². The molecule has 2 atom stereocenters. The maximum atomic E-state index is 12.7. The number of hydrogen-bond donors (Lipinski definition) is 0. The van der Waals surface area contributed by atoms with Crippen molar-refractivity contribution in [2.45, 2.75) is 59.0 Å². The van der Waals surface area contributed by atoms with Crippen LogP contribution >= 0.6 is 0 Å². The Labute approximate surface area is 110 Å². The first kappa shape index (κ1) is 13.1. The van der Waals surface area contributed by atoms with Crippen LogP contribution in [0.2, 0.25) is 0 Å². The van der Waals surface area contributed by atoms with E-state index in [2.05, 4.69) is 24.8 Å². The summed E-state index contributed by atoms with van der Waals surface area (Å²) in [5.74, 6) is 0.205. The third kappa shape index (κ3) is 2.43. The Morgan fingerprint density at radius 2 is 1.78 bits per heavy atom. The van der Waals surface area contributed by atoms with Crippen molar-refractivity contribution in [2.24, 2.45) is 0 Å². The summed E-state index contributed by atoms with van der Waals surface area (Å²) >= 11 is 0. The first-order valence-corrected chi connectivity index (χ1v) is 6.90. The Hall–Kier alpha value is -1.31. The molecule has 2 nitrogen and oxygen atoms in total. The van der Waals surface area contributed by atoms with Crippen molar-refractivity contribution < 1.29 is 4.79 Å². The van der Waals surface area contributed by atoms with Crippen LogP contribution in [0, 0.1) is 13.8 Å². The molecule has 18 heavy (non-hydrogen) atoms. The minimum atomic E-state index is 0.205. The van der Waals surface area contributed by atoms with Crippen LogP contribution in [-0.4, -0.2) is 22.9 Å². The van der Waals surface area contributed by atoms with E-state index < -0.39 is 0 Å². The Balaban J connectivity index is 2.32. The van der Waals surface area contributed by atoms with Crippen LogP contribution in [-0.2, 0) is 0 Å². The summed E-state index contributed by atoms with van der Waals surface area (Å²) in [4.78, 5) is 14.8. The molecule has 0 radical (unpaired) electrons. The molecule has 2 unspecified atom stereocenters. The first-order valence-electron chi connectivity index (χ1n) is 6.90. The van der Waals surface area contributed by atoms with Crippen molar-refractivity contribution in [3.05, 3.63) is 34.9 Å². The van der Waals surface area contributed by atoms with Crippen molar-refractivity contribution in [1.82, 2.24) is 4.90 Å². The summed E-state index contributed by atoms with van der Waals surface area (Å²) < 4.78 is 0. The highest BCUT2D eigenvalue weighted by Crippen LogP contribution is 2.25. The standard InChI is InChI=1S/C16H23NO/c1-11-8-9-12(2)15(10-11)16(18)17-13(3)6-5-7-14(17)4/h8-10,13-14H,5-7H2,1-4H3. The number of amides is 1. The lowest BCUT2D eigenvalue weighted by molar-refractivity contribution is 0.0510. The summed E-state index contributed by atoms with van der Waals surface area (Å²) in [5.41, 5.74) is 3.10. The van der Waals surface area contributed by atoms with Crippen LogP contribution in [0.25, 0.3) is 0 Å². The van der Waals surface area contributed by atoms with Crippen molar-refractivity contribution in [1.29, 1.82) is 0 Å². The molecule has 1 aromatic carbocycles. The third-order valence-electron chi connectivity index (χ3n) is 4.05. The molecule has 2 heteroatoms. The number of carbonyl (C=O) groups excluding carboxylic acids is 1. The fraction of sp³-hybridized carbons (Fsp3) is 0.562. The summed E-state index contributed by atoms with van der Waals surface area (Å²) in [6, 6.07) is 6.85. The Bertz CT molecular complexity index is 442. The minimum Gasteiger partial charge on any atom is -0.333 e. The van der Waals surface area contributed by atoms with Gasteiger partial charge in [0.2, 0.25) is 0 Å². The third-order valence-corrected chi connectivity index (χ3v) is 4.05. The fourth-order valence-electron chi connectivity index (χ4n) is 2.93. The second-order valence-electron chi connectivity index (χ2n) is 5.66. The van der Waals surface area contributed by atoms with Gasteiger partial charge in [0.15, 0.2) is 0 Å². The number of benzene rings is 1. The average molecular weight is 245 g/mol. The van der Waals surface area contributed by atoms with Gasteiger partial charge in [-0.15, -0.1) is 0 Å². The van der Waals surface area contributed by atoms with Crippen LogP contribution in [0.4, 0.5) is 0 Å². The number of aryl methyl sites for hydroxylation is 2. The number of nitrogens with zero attached hydrogens (tertiary/aromatic N) is 1. The van der Waals surface area contributed by atoms with E-state index >= 15 is 0 Å². The van der Waals surface area contributed by atoms with Gasteiger partial charge in [-0.1, -0.05) is 17.7 Å². The molecule has 0 spiro atoms. The highest BCUT2D eigenvalue weighted by Gasteiger charge is 2.30. The number of rotatable bonds is 1. The van der Waals surface area contributed by atoms with Gasteiger partial charge in [0, 0.05) is 17.6 Å².